The molecule has 0 radical (unpaired) electrons. The van der Waals surface area contributed by atoms with Gasteiger partial charge in [-0.15, -0.1) is 0 Å². The van der Waals surface area contributed by atoms with Crippen molar-refractivity contribution < 1.29 is 0 Å². The van der Waals surface area contributed by atoms with Crippen LogP contribution in [0, 0.1) is 0 Å². The van der Waals surface area contributed by atoms with E-state index in [0.29, 0.717) is 6.54 Å². The molecule has 0 aliphatic rings. The van der Waals surface area contributed by atoms with Crippen LogP contribution >= 0.6 is 0 Å². The molecule has 0 aliphatic carbocycles. The van der Waals surface area contributed by atoms with Crippen molar-refractivity contribution in [2.45, 2.75) is 32.1 Å². The fourth-order valence-electron chi connectivity index (χ4n) is 3.18. The Bertz CT molecular complexity index is 763. The van der Waals surface area contributed by atoms with Crippen LogP contribution in [-0.2, 0) is 5.41 Å². The summed E-state index contributed by atoms with van der Waals surface area (Å²) in [6.07, 6.45) is 5.74. The second kappa shape index (κ2) is 5.89. The van der Waals surface area contributed by atoms with Crippen LogP contribution in [0.1, 0.15) is 32.3 Å². The number of H-pyrrole nitrogens is 1. The van der Waals surface area contributed by atoms with E-state index in [1.54, 1.807) is 0 Å². The Morgan fingerprint density at radius 1 is 1.18 bits per heavy atom. The molecule has 2 heterocycles. The highest BCUT2D eigenvalue weighted by molar-refractivity contribution is 5.92. The van der Waals surface area contributed by atoms with Gasteiger partial charge in [-0.1, -0.05) is 38.1 Å². The maximum atomic E-state index is 6.10. The van der Waals surface area contributed by atoms with Crippen LogP contribution in [0.3, 0.4) is 0 Å². The first-order valence-electron chi connectivity index (χ1n) is 7.83. The summed E-state index contributed by atoms with van der Waals surface area (Å²) in [5.41, 5.74) is 10.6. The standard InChI is InChI=1S/C18H22N4/c1-3-18(4-2,12-19)14-7-5-6-13(10-14)15-8-9-20-17-16(15)11-21-22-17/h5-11H,3-4,12,19H2,1-2H3,(H,20,21,22). The molecule has 4 nitrogen and oxygen atoms in total. The van der Waals surface area contributed by atoms with E-state index < -0.39 is 0 Å². The van der Waals surface area contributed by atoms with Gasteiger partial charge in [0.1, 0.15) is 0 Å². The first-order chi connectivity index (χ1) is 10.7. The summed E-state index contributed by atoms with van der Waals surface area (Å²) in [7, 11) is 0. The molecule has 114 valence electrons. The van der Waals surface area contributed by atoms with Gasteiger partial charge in [0.05, 0.1) is 6.20 Å². The molecule has 4 heteroatoms. The summed E-state index contributed by atoms with van der Waals surface area (Å²) in [5, 5.41) is 8.07. The molecule has 3 aromatic rings. The number of hydrogen-bond donors (Lipinski definition) is 2. The molecule has 0 saturated heterocycles. The van der Waals surface area contributed by atoms with Crippen LogP contribution in [0.15, 0.2) is 42.7 Å². The Morgan fingerprint density at radius 3 is 2.73 bits per heavy atom. The number of pyridine rings is 1. The first kappa shape index (κ1) is 14.7. The SMILES string of the molecule is CCC(CC)(CN)c1cccc(-c2ccnc3[nH]ncc23)c1. The van der Waals surface area contributed by atoms with Gasteiger partial charge in [-0.2, -0.15) is 5.10 Å². The minimum absolute atomic E-state index is 0.0541. The molecule has 0 spiro atoms. The van der Waals surface area contributed by atoms with Gasteiger partial charge in [-0.3, -0.25) is 5.10 Å². The van der Waals surface area contributed by atoms with Crippen LogP contribution in [0.4, 0.5) is 0 Å². The third-order valence-corrected chi connectivity index (χ3v) is 4.88. The predicted molar refractivity (Wildman–Crippen MR) is 90.6 cm³/mol. The zero-order valence-corrected chi connectivity index (χ0v) is 13.1. The second-order valence-electron chi connectivity index (χ2n) is 5.76. The maximum absolute atomic E-state index is 6.10. The van der Waals surface area contributed by atoms with E-state index in [0.717, 1.165) is 29.4 Å². The Kier molecular flexibility index (Phi) is 3.94. The molecule has 2 aromatic heterocycles. The van der Waals surface area contributed by atoms with Gasteiger partial charge in [0.15, 0.2) is 5.65 Å². The summed E-state index contributed by atoms with van der Waals surface area (Å²) in [4.78, 5) is 4.31. The number of fused-ring (bicyclic) bond motifs is 1. The predicted octanol–water partition coefficient (Wildman–Crippen LogP) is 3.64. The number of nitrogens with two attached hydrogens (primary N) is 1. The number of aromatic amines is 1. The average Bonchev–Trinajstić information content (AvgIpc) is 3.06. The van der Waals surface area contributed by atoms with Crippen molar-refractivity contribution in [2.24, 2.45) is 5.73 Å². The van der Waals surface area contributed by atoms with Crippen molar-refractivity contribution in [3.63, 3.8) is 0 Å². The summed E-state index contributed by atoms with van der Waals surface area (Å²) >= 11 is 0. The highest BCUT2D eigenvalue weighted by Gasteiger charge is 2.26. The minimum atomic E-state index is 0.0541. The molecule has 0 amide bonds. The van der Waals surface area contributed by atoms with E-state index in [-0.39, 0.29) is 5.41 Å². The molecule has 22 heavy (non-hydrogen) atoms. The Labute approximate surface area is 130 Å². The number of benzene rings is 1. The van der Waals surface area contributed by atoms with Crippen molar-refractivity contribution in [3.8, 4) is 11.1 Å². The highest BCUT2D eigenvalue weighted by Crippen LogP contribution is 2.34. The normalized spacial score (nSPS) is 12.0. The van der Waals surface area contributed by atoms with E-state index in [1.165, 1.54) is 11.1 Å². The summed E-state index contributed by atoms with van der Waals surface area (Å²) in [5.74, 6) is 0. The summed E-state index contributed by atoms with van der Waals surface area (Å²) in [6, 6.07) is 10.8. The molecular formula is C18H22N4. The van der Waals surface area contributed by atoms with Crippen LogP contribution in [-0.4, -0.2) is 21.7 Å². The fourth-order valence-corrected chi connectivity index (χ4v) is 3.18. The quantitative estimate of drug-likeness (QED) is 0.755. The van der Waals surface area contributed by atoms with E-state index in [4.69, 9.17) is 5.73 Å². The maximum Gasteiger partial charge on any atom is 0.155 e. The van der Waals surface area contributed by atoms with Crippen molar-refractivity contribution in [1.82, 2.24) is 15.2 Å². The minimum Gasteiger partial charge on any atom is -0.330 e. The summed E-state index contributed by atoms with van der Waals surface area (Å²) < 4.78 is 0. The first-order valence-corrected chi connectivity index (χ1v) is 7.83. The largest absolute Gasteiger partial charge is 0.330 e. The third-order valence-electron chi connectivity index (χ3n) is 4.88. The van der Waals surface area contributed by atoms with Crippen molar-refractivity contribution in [1.29, 1.82) is 0 Å². The number of hydrogen-bond acceptors (Lipinski definition) is 3. The average molecular weight is 294 g/mol. The Balaban J connectivity index is 2.14. The smallest absolute Gasteiger partial charge is 0.155 e. The lowest BCUT2D eigenvalue weighted by atomic mass is 9.75. The lowest BCUT2D eigenvalue weighted by Crippen LogP contribution is -2.33. The van der Waals surface area contributed by atoms with Crippen LogP contribution < -0.4 is 5.73 Å². The number of nitrogens with one attached hydrogen (secondary N) is 1. The topological polar surface area (TPSA) is 67.6 Å². The third kappa shape index (κ3) is 2.29. The van der Waals surface area contributed by atoms with Gasteiger partial charge in [0, 0.05) is 23.5 Å². The Hall–Kier alpha value is -2.20. The molecule has 0 aliphatic heterocycles. The monoisotopic (exact) mass is 294 g/mol. The number of nitrogens with zero attached hydrogens (tertiary/aromatic N) is 2. The lowest BCUT2D eigenvalue weighted by Gasteiger charge is -2.31. The molecule has 0 atom stereocenters. The van der Waals surface area contributed by atoms with Gasteiger partial charge in [0.2, 0.25) is 0 Å². The van der Waals surface area contributed by atoms with Crippen LogP contribution in [0.5, 0.6) is 0 Å². The van der Waals surface area contributed by atoms with Crippen molar-refractivity contribution >= 4 is 11.0 Å². The van der Waals surface area contributed by atoms with E-state index in [1.807, 2.05) is 18.5 Å². The van der Waals surface area contributed by atoms with Gasteiger partial charge >= 0.3 is 0 Å². The van der Waals surface area contributed by atoms with Crippen LogP contribution in [0.25, 0.3) is 22.2 Å². The summed E-state index contributed by atoms with van der Waals surface area (Å²) in [6.45, 7) is 5.09. The second-order valence-corrected chi connectivity index (χ2v) is 5.76. The Morgan fingerprint density at radius 2 is 2.00 bits per heavy atom. The molecule has 0 saturated carbocycles. The fraction of sp³-hybridized carbons (Fsp3) is 0.333. The lowest BCUT2D eigenvalue weighted by molar-refractivity contribution is 0.407. The number of rotatable bonds is 5. The van der Waals surface area contributed by atoms with E-state index in [2.05, 4.69) is 53.3 Å². The molecule has 3 rings (SSSR count). The van der Waals surface area contributed by atoms with Crippen molar-refractivity contribution in [3.05, 3.63) is 48.3 Å². The zero-order valence-electron chi connectivity index (χ0n) is 13.1. The molecule has 3 N–H and O–H groups in total. The molecular weight excluding hydrogens is 272 g/mol. The van der Waals surface area contributed by atoms with E-state index >= 15 is 0 Å². The zero-order chi connectivity index (χ0) is 15.6. The van der Waals surface area contributed by atoms with Crippen LogP contribution in [0.2, 0.25) is 0 Å². The van der Waals surface area contributed by atoms with Gasteiger partial charge in [-0.05, 0) is 35.6 Å². The van der Waals surface area contributed by atoms with Crippen molar-refractivity contribution in [2.75, 3.05) is 6.54 Å². The number of aromatic nitrogens is 3. The van der Waals surface area contributed by atoms with E-state index in [9.17, 15) is 0 Å². The molecule has 0 fully saturated rings. The molecule has 0 unspecified atom stereocenters. The molecule has 0 bridgehead atoms. The van der Waals surface area contributed by atoms with Gasteiger partial charge in [-0.25, -0.2) is 4.98 Å². The molecule has 1 aromatic carbocycles. The van der Waals surface area contributed by atoms with Gasteiger partial charge < -0.3 is 5.73 Å². The van der Waals surface area contributed by atoms with Gasteiger partial charge in [0.25, 0.3) is 0 Å². The highest BCUT2D eigenvalue weighted by atomic mass is 15.1.